The maximum Gasteiger partial charge on any atom is 0.213 e. The number of hydrogen-bond donors (Lipinski definition) is 0. The molecule has 2 rings (SSSR count). The van der Waals surface area contributed by atoms with Crippen molar-refractivity contribution in [1.82, 2.24) is 4.98 Å². The molecule has 0 fully saturated rings. The maximum absolute atomic E-state index is 5.11. The lowest BCUT2D eigenvalue weighted by atomic mass is 10.1. The Hall–Kier alpha value is -1.83. The number of methoxy groups -OCH3 is 1. The summed E-state index contributed by atoms with van der Waals surface area (Å²) in [5.41, 5.74) is 3.32. The Bertz CT molecular complexity index is 466. The molecule has 1 aromatic carbocycles. The third-order valence-electron chi connectivity index (χ3n) is 2.35. The van der Waals surface area contributed by atoms with Gasteiger partial charge in [-0.15, -0.1) is 0 Å². The Labute approximate surface area is 89.6 Å². The van der Waals surface area contributed by atoms with Crippen LogP contribution < -0.4 is 4.74 Å². The van der Waals surface area contributed by atoms with E-state index in [1.54, 1.807) is 7.11 Å². The third kappa shape index (κ3) is 1.99. The summed E-state index contributed by atoms with van der Waals surface area (Å²) in [6.07, 6.45) is 0. The summed E-state index contributed by atoms with van der Waals surface area (Å²) in [6.45, 7) is 2.08. The van der Waals surface area contributed by atoms with Gasteiger partial charge in [0.05, 0.1) is 12.8 Å². The molecule has 0 aliphatic rings. The minimum absolute atomic E-state index is 0.649. The molecule has 0 saturated carbocycles. The van der Waals surface area contributed by atoms with Crippen LogP contribution in [-0.4, -0.2) is 12.1 Å². The number of ether oxygens (including phenoxy) is 1. The van der Waals surface area contributed by atoms with Gasteiger partial charge >= 0.3 is 0 Å². The average Bonchev–Trinajstić information content (AvgIpc) is 2.30. The van der Waals surface area contributed by atoms with Crippen molar-refractivity contribution in [2.24, 2.45) is 0 Å². The lowest BCUT2D eigenvalue weighted by Crippen LogP contribution is -1.90. The van der Waals surface area contributed by atoms with Crippen molar-refractivity contribution in [2.75, 3.05) is 7.11 Å². The van der Waals surface area contributed by atoms with Crippen LogP contribution in [0.15, 0.2) is 42.5 Å². The van der Waals surface area contributed by atoms with Crippen molar-refractivity contribution < 1.29 is 4.74 Å². The van der Waals surface area contributed by atoms with Crippen LogP contribution in [0.1, 0.15) is 5.56 Å². The molecule has 0 aliphatic carbocycles. The van der Waals surface area contributed by atoms with Crippen LogP contribution in [-0.2, 0) is 0 Å². The van der Waals surface area contributed by atoms with E-state index < -0.39 is 0 Å². The molecule has 76 valence electrons. The molecule has 0 unspecified atom stereocenters. The van der Waals surface area contributed by atoms with E-state index in [2.05, 4.69) is 24.0 Å². The zero-order chi connectivity index (χ0) is 10.7. The van der Waals surface area contributed by atoms with Crippen LogP contribution in [0, 0.1) is 6.92 Å². The molecule has 2 nitrogen and oxygen atoms in total. The van der Waals surface area contributed by atoms with Crippen molar-refractivity contribution in [3.05, 3.63) is 48.0 Å². The summed E-state index contributed by atoms with van der Waals surface area (Å²) in [4.78, 5) is 4.40. The molecule has 0 radical (unpaired) electrons. The lowest BCUT2D eigenvalue weighted by molar-refractivity contribution is 0.398. The lowest BCUT2D eigenvalue weighted by Gasteiger charge is -2.06. The zero-order valence-electron chi connectivity index (χ0n) is 8.90. The second-order valence-electron chi connectivity index (χ2n) is 3.38. The van der Waals surface area contributed by atoms with Crippen LogP contribution >= 0.6 is 0 Å². The minimum Gasteiger partial charge on any atom is -0.481 e. The fraction of sp³-hybridized carbons (Fsp3) is 0.154. The Balaban J connectivity index is 2.49. The van der Waals surface area contributed by atoms with E-state index >= 15 is 0 Å². The first kappa shape index (κ1) is 9.71. The summed E-state index contributed by atoms with van der Waals surface area (Å²) in [5.74, 6) is 0.649. The van der Waals surface area contributed by atoms with Crippen molar-refractivity contribution in [1.29, 1.82) is 0 Å². The van der Waals surface area contributed by atoms with E-state index in [9.17, 15) is 0 Å². The molecular weight excluding hydrogens is 186 g/mol. The molecule has 1 aromatic heterocycles. The fourth-order valence-electron chi connectivity index (χ4n) is 1.54. The largest absolute Gasteiger partial charge is 0.481 e. The first-order valence-electron chi connectivity index (χ1n) is 4.88. The summed E-state index contributed by atoms with van der Waals surface area (Å²) in [5, 5.41) is 0. The van der Waals surface area contributed by atoms with Gasteiger partial charge in [-0.3, -0.25) is 0 Å². The van der Waals surface area contributed by atoms with Gasteiger partial charge in [-0.1, -0.05) is 30.3 Å². The predicted molar refractivity (Wildman–Crippen MR) is 61.0 cm³/mol. The third-order valence-corrected chi connectivity index (χ3v) is 2.35. The van der Waals surface area contributed by atoms with Gasteiger partial charge in [0.15, 0.2) is 0 Å². The molecule has 0 aliphatic heterocycles. The van der Waals surface area contributed by atoms with Crippen LogP contribution in [0.5, 0.6) is 5.88 Å². The van der Waals surface area contributed by atoms with E-state index in [-0.39, 0.29) is 0 Å². The molecule has 2 aromatic rings. The summed E-state index contributed by atoms with van der Waals surface area (Å²) in [6, 6.07) is 14.0. The normalized spacial score (nSPS) is 10.0. The second kappa shape index (κ2) is 4.13. The summed E-state index contributed by atoms with van der Waals surface area (Å²) in [7, 11) is 1.63. The molecule has 0 bridgehead atoms. The highest BCUT2D eigenvalue weighted by Crippen LogP contribution is 2.22. The summed E-state index contributed by atoms with van der Waals surface area (Å²) >= 11 is 0. The Morgan fingerprint density at radius 3 is 2.53 bits per heavy atom. The van der Waals surface area contributed by atoms with Gasteiger partial charge in [0.25, 0.3) is 0 Å². The highest BCUT2D eigenvalue weighted by molar-refractivity contribution is 5.63. The molecule has 2 heteroatoms. The van der Waals surface area contributed by atoms with Gasteiger partial charge in [0, 0.05) is 11.6 Å². The van der Waals surface area contributed by atoms with Gasteiger partial charge in [0.2, 0.25) is 5.88 Å². The van der Waals surface area contributed by atoms with Crippen LogP contribution in [0.25, 0.3) is 11.3 Å². The van der Waals surface area contributed by atoms with Gasteiger partial charge in [0.1, 0.15) is 0 Å². The second-order valence-corrected chi connectivity index (χ2v) is 3.38. The Morgan fingerprint density at radius 2 is 1.80 bits per heavy atom. The fourth-order valence-corrected chi connectivity index (χ4v) is 1.54. The SMILES string of the molecule is COc1cccc(-c2ccccc2C)n1. The van der Waals surface area contributed by atoms with E-state index in [1.807, 2.05) is 30.3 Å². The maximum atomic E-state index is 5.11. The molecule has 0 N–H and O–H groups in total. The molecular formula is C13H13NO. The molecule has 0 spiro atoms. The Kier molecular flexibility index (Phi) is 2.68. The number of aromatic nitrogens is 1. The predicted octanol–water partition coefficient (Wildman–Crippen LogP) is 3.07. The standard InChI is InChI=1S/C13H13NO/c1-10-6-3-4-7-11(10)12-8-5-9-13(14-12)15-2/h3-9H,1-2H3. The molecule has 1 heterocycles. The van der Waals surface area contributed by atoms with Gasteiger partial charge < -0.3 is 4.74 Å². The molecule has 0 atom stereocenters. The quantitative estimate of drug-likeness (QED) is 0.741. The number of benzene rings is 1. The minimum atomic E-state index is 0.649. The summed E-state index contributed by atoms with van der Waals surface area (Å²) < 4.78 is 5.11. The zero-order valence-corrected chi connectivity index (χ0v) is 8.90. The van der Waals surface area contributed by atoms with Crippen molar-refractivity contribution in [3.8, 4) is 17.1 Å². The highest BCUT2D eigenvalue weighted by Gasteiger charge is 2.02. The molecule has 0 saturated heterocycles. The average molecular weight is 199 g/mol. The van der Waals surface area contributed by atoms with E-state index in [1.165, 1.54) is 5.56 Å². The Morgan fingerprint density at radius 1 is 1.00 bits per heavy atom. The van der Waals surface area contributed by atoms with E-state index in [4.69, 9.17) is 4.74 Å². The topological polar surface area (TPSA) is 22.1 Å². The smallest absolute Gasteiger partial charge is 0.213 e. The number of hydrogen-bond acceptors (Lipinski definition) is 2. The van der Waals surface area contributed by atoms with Crippen molar-refractivity contribution >= 4 is 0 Å². The first-order valence-corrected chi connectivity index (χ1v) is 4.88. The molecule has 15 heavy (non-hydrogen) atoms. The first-order chi connectivity index (χ1) is 7.31. The van der Waals surface area contributed by atoms with Crippen LogP contribution in [0.4, 0.5) is 0 Å². The van der Waals surface area contributed by atoms with Crippen LogP contribution in [0.3, 0.4) is 0 Å². The number of aryl methyl sites for hydroxylation is 1. The van der Waals surface area contributed by atoms with E-state index in [0.717, 1.165) is 11.3 Å². The van der Waals surface area contributed by atoms with Gasteiger partial charge in [-0.05, 0) is 18.6 Å². The van der Waals surface area contributed by atoms with E-state index in [0.29, 0.717) is 5.88 Å². The number of rotatable bonds is 2. The van der Waals surface area contributed by atoms with Crippen molar-refractivity contribution in [3.63, 3.8) is 0 Å². The van der Waals surface area contributed by atoms with Gasteiger partial charge in [-0.25, -0.2) is 4.98 Å². The molecule has 0 amide bonds. The van der Waals surface area contributed by atoms with Crippen molar-refractivity contribution in [2.45, 2.75) is 6.92 Å². The monoisotopic (exact) mass is 199 g/mol. The number of nitrogens with zero attached hydrogens (tertiary/aromatic N) is 1. The van der Waals surface area contributed by atoms with Crippen LogP contribution in [0.2, 0.25) is 0 Å². The number of pyridine rings is 1. The highest BCUT2D eigenvalue weighted by atomic mass is 16.5. The van der Waals surface area contributed by atoms with Gasteiger partial charge in [-0.2, -0.15) is 0 Å².